The van der Waals surface area contributed by atoms with Crippen LogP contribution in [0.15, 0.2) is 0 Å². The highest BCUT2D eigenvalue weighted by molar-refractivity contribution is 6.18. The summed E-state index contributed by atoms with van der Waals surface area (Å²) in [4.78, 5) is 0. The molecule has 194 valence electrons. The van der Waals surface area contributed by atoms with Gasteiger partial charge < -0.3 is 49.6 Å². The molecular weight excluding hydrogens is 495 g/mol. The lowest BCUT2D eigenvalue weighted by atomic mass is 10.0. The van der Waals surface area contributed by atoms with Crippen LogP contribution in [0.3, 0.4) is 0 Å². The van der Waals surface area contributed by atoms with Crippen LogP contribution in [-0.2, 0) is 18.9 Å². The highest BCUT2D eigenvalue weighted by Gasteiger charge is 2.36. The fraction of sp³-hybridized carbons (Fsp3) is 1.00. The SMILES string of the molecule is CCC(O)COCC(O)C(OCC(O)CCl)C(O)C(COCC(O)CCl)OCC(O)CCl. The zero-order chi connectivity index (χ0) is 24.5. The van der Waals surface area contributed by atoms with Crippen LogP contribution in [0.2, 0.25) is 0 Å². The Morgan fingerprint density at radius 2 is 1.06 bits per heavy atom. The molecule has 0 rings (SSSR count). The number of hydrogen-bond acceptors (Lipinski definition) is 10. The van der Waals surface area contributed by atoms with E-state index in [4.69, 9.17) is 53.8 Å². The Labute approximate surface area is 203 Å². The highest BCUT2D eigenvalue weighted by atomic mass is 35.5. The van der Waals surface area contributed by atoms with Gasteiger partial charge in [-0.2, -0.15) is 0 Å². The lowest BCUT2D eigenvalue weighted by Crippen LogP contribution is -2.51. The third kappa shape index (κ3) is 14.7. The van der Waals surface area contributed by atoms with Gasteiger partial charge in [-0.1, -0.05) is 6.92 Å². The lowest BCUT2D eigenvalue weighted by Gasteiger charge is -2.33. The van der Waals surface area contributed by atoms with E-state index in [-0.39, 0.29) is 57.3 Å². The minimum absolute atomic E-state index is 0.0258. The van der Waals surface area contributed by atoms with E-state index in [1.165, 1.54) is 0 Å². The van der Waals surface area contributed by atoms with Crippen molar-refractivity contribution in [1.82, 2.24) is 0 Å². The number of aliphatic hydroxyl groups is 6. The summed E-state index contributed by atoms with van der Waals surface area (Å²) in [5.74, 6) is -0.285. The van der Waals surface area contributed by atoms with E-state index in [1.807, 2.05) is 0 Å². The van der Waals surface area contributed by atoms with Gasteiger partial charge in [-0.05, 0) is 6.42 Å². The predicted octanol–water partition coefficient (Wildman–Crippen LogP) is -0.918. The molecule has 0 aliphatic carbocycles. The average molecular weight is 532 g/mol. The summed E-state index contributed by atoms with van der Waals surface area (Å²) in [6.45, 7) is 0.573. The Balaban J connectivity index is 5.25. The first-order chi connectivity index (χ1) is 15.2. The Bertz CT molecular complexity index is 440. The summed E-state index contributed by atoms with van der Waals surface area (Å²) in [7, 11) is 0. The number of ether oxygens (including phenoxy) is 4. The number of hydrogen-bond donors (Lipinski definition) is 6. The smallest absolute Gasteiger partial charge is 0.114 e. The minimum atomic E-state index is -1.50. The van der Waals surface area contributed by atoms with Crippen LogP contribution in [0, 0.1) is 0 Å². The van der Waals surface area contributed by atoms with Gasteiger partial charge in [-0.25, -0.2) is 0 Å². The van der Waals surface area contributed by atoms with Gasteiger partial charge in [0.15, 0.2) is 0 Å². The molecule has 0 heterocycles. The van der Waals surface area contributed by atoms with E-state index in [0.29, 0.717) is 6.42 Å². The summed E-state index contributed by atoms with van der Waals surface area (Å²) >= 11 is 16.7. The van der Waals surface area contributed by atoms with E-state index in [2.05, 4.69) is 0 Å². The molecule has 0 radical (unpaired) electrons. The molecule has 13 heteroatoms. The molecule has 8 unspecified atom stereocenters. The molecule has 8 atom stereocenters. The van der Waals surface area contributed by atoms with Gasteiger partial charge in [0, 0.05) is 0 Å². The highest BCUT2D eigenvalue weighted by Crippen LogP contribution is 2.15. The van der Waals surface area contributed by atoms with Crippen LogP contribution in [0.1, 0.15) is 13.3 Å². The van der Waals surface area contributed by atoms with Gasteiger partial charge in [0.2, 0.25) is 0 Å². The Morgan fingerprint density at radius 1 is 0.594 bits per heavy atom. The summed E-state index contributed by atoms with van der Waals surface area (Å²) in [6, 6.07) is 0. The van der Waals surface area contributed by atoms with Gasteiger partial charge in [0.1, 0.15) is 24.4 Å². The van der Waals surface area contributed by atoms with Crippen LogP contribution in [-0.4, -0.2) is 137 Å². The minimum Gasteiger partial charge on any atom is -0.391 e. The predicted molar refractivity (Wildman–Crippen MR) is 120 cm³/mol. The summed E-state index contributed by atoms with van der Waals surface area (Å²) < 4.78 is 21.6. The molecule has 32 heavy (non-hydrogen) atoms. The van der Waals surface area contributed by atoms with Crippen LogP contribution in [0.25, 0.3) is 0 Å². The quantitative estimate of drug-likeness (QED) is 0.102. The fourth-order valence-corrected chi connectivity index (χ4v) is 2.61. The van der Waals surface area contributed by atoms with Crippen molar-refractivity contribution in [3.8, 4) is 0 Å². The van der Waals surface area contributed by atoms with E-state index in [0.717, 1.165) is 0 Å². The van der Waals surface area contributed by atoms with Crippen molar-refractivity contribution in [2.75, 3.05) is 57.3 Å². The van der Waals surface area contributed by atoms with Gasteiger partial charge in [-0.3, -0.25) is 0 Å². The van der Waals surface area contributed by atoms with Gasteiger partial charge >= 0.3 is 0 Å². The van der Waals surface area contributed by atoms with E-state index in [1.54, 1.807) is 6.92 Å². The number of rotatable bonds is 21. The Kier molecular flexibility index (Phi) is 20.0. The van der Waals surface area contributed by atoms with Crippen molar-refractivity contribution in [1.29, 1.82) is 0 Å². The van der Waals surface area contributed by atoms with Gasteiger partial charge in [0.25, 0.3) is 0 Å². The fourth-order valence-electron chi connectivity index (χ4n) is 2.34. The topological polar surface area (TPSA) is 158 Å². The number of alkyl halides is 3. The maximum Gasteiger partial charge on any atom is 0.114 e. The van der Waals surface area contributed by atoms with Crippen LogP contribution in [0.5, 0.6) is 0 Å². The van der Waals surface area contributed by atoms with Crippen molar-refractivity contribution in [2.45, 2.75) is 62.2 Å². The molecule has 0 aromatic rings. The molecule has 0 saturated heterocycles. The normalized spacial score (nSPS) is 19.7. The average Bonchev–Trinajstić information content (AvgIpc) is 2.79. The second kappa shape index (κ2) is 19.7. The summed E-state index contributed by atoms with van der Waals surface area (Å²) in [5.41, 5.74) is 0. The van der Waals surface area contributed by atoms with Crippen LogP contribution >= 0.6 is 34.8 Å². The second-order valence-electron chi connectivity index (χ2n) is 7.29. The monoisotopic (exact) mass is 530 g/mol. The first-order valence-corrected chi connectivity index (χ1v) is 11.9. The number of aliphatic hydroxyl groups excluding tert-OH is 6. The lowest BCUT2D eigenvalue weighted by molar-refractivity contribution is -0.181. The van der Waals surface area contributed by atoms with Crippen LogP contribution < -0.4 is 0 Å². The van der Waals surface area contributed by atoms with Gasteiger partial charge in [0.05, 0.1) is 81.7 Å². The van der Waals surface area contributed by atoms with E-state index >= 15 is 0 Å². The molecule has 6 N–H and O–H groups in total. The molecule has 0 aromatic heterocycles. The molecule has 0 aliphatic heterocycles. The zero-order valence-electron chi connectivity index (χ0n) is 18.1. The Morgan fingerprint density at radius 3 is 1.59 bits per heavy atom. The van der Waals surface area contributed by atoms with Crippen molar-refractivity contribution < 1.29 is 49.6 Å². The van der Waals surface area contributed by atoms with Crippen molar-refractivity contribution in [2.24, 2.45) is 0 Å². The Hall–Kier alpha value is 0.470. The molecule has 0 spiro atoms. The summed E-state index contributed by atoms with van der Waals surface area (Å²) in [5, 5.41) is 59.9. The molecule has 0 saturated carbocycles. The molecule has 0 aromatic carbocycles. The maximum atomic E-state index is 10.9. The van der Waals surface area contributed by atoms with E-state index < -0.39 is 48.8 Å². The maximum absolute atomic E-state index is 10.9. The number of halogens is 3. The largest absolute Gasteiger partial charge is 0.391 e. The van der Waals surface area contributed by atoms with Gasteiger partial charge in [-0.15, -0.1) is 34.8 Å². The van der Waals surface area contributed by atoms with Crippen molar-refractivity contribution in [3.63, 3.8) is 0 Å². The summed E-state index contributed by atoms with van der Waals surface area (Å²) in [6.07, 6.45) is -8.51. The molecule has 0 bridgehead atoms. The molecule has 0 aliphatic rings. The zero-order valence-corrected chi connectivity index (χ0v) is 20.4. The molecule has 0 fully saturated rings. The third-order valence-corrected chi connectivity index (χ3v) is 5.35. The van der Waals surface area contributed by atoms with Crippen molar-refractivity contribution >= 4 is 34.8 Å². The third-order valence-electron chi connectivity index (χ3n) is 4.28. The standard InChI is InChI=1S/C19H37Cl3O10/c1-2-12(23)6-29-10-16(27)19(32-9-15(26)5-22)18(28)17(31-8-14(25)4-21)11-30-7-13(24)3-20/h12-19,23-28H,2-11H2,1H3. The first-order valence-electron chi connectivity index (χ1n) is 10.3. The van der Waals surface area contributed by atoms with E-state index in [9.17, 15) is 30.6 Å². The molecule has 0 amide bonds. The second-order valence-corrected chi connectivity index (χ2v) is 8.21. The first kappa shape index (κ1) is 32.5. The van der Waals surface area contributed by atoms with Crippen molar-refractivity contribution in [3.05, 3.63) is 0 Å². The molecule has 10 nitrogen and oxygen atoms in total. The van der Waals surface area contributed by atoms with Crippen LogP contribution in [0.4, 0.5) is 0 Å². The molecular formula is C19H37Cl3O10.